The topological polar surface area (TPSA) is 92.8 Å². The van der Waals surface area contributed by atoms with E-state index < -0.39 is 18.5 Å². The van der Waals surface area contributed by atoms with Gasteiger partial charge in [0, 0.05) is 0 Å². The standard InChI is InChI=1S/C23H20Cl2N2O5/c24-17-9-4-10-18(20(17)25)26-19(28)12-32-23(31)13-5-3-6-14(11-13)27-21(29)15-7-1-2-8-16(15)22(27)30/h3-6,9-11,15-16H,1-2,7-8,12H2,(H,26,28)/t15-,16-/m0/s1. The summed E-state index contributed by atoms with van der Waals surface area (Å²) in [5.74, 6) is -2.35. The number of anilines is 2. The number of amides is 3. The van der Waals surface area contributed by atoms with Crippen LogP contribution in [-0.4, -0.2) is 30.3 Å². The van der Waals surface area contributed by atoms with Crippen molar-refractivity contribution in [1.29, 1.82) is 0 Å². The largest absolute Gasteiger partial charge is 0.452 e. The second-order valence-electron chi connectivity index (χ2n) is 7.79. The summed E-state index contributed by atoms with van der Waals surface area (Å²) in [5.41, 5.74) is 0.764. The summed E-state index contributed by atoms with van der Waals surface area (Å²) in [6.07, 6.45) is 3.28. The number of hydrogen-bond donors (Lipinski definition) is 1. The summed E-state index contributed by atoms with van der Waals surface area (Å²) < 4.78 is 5.08. The lowest BCUT2D eigenvalue weighted by molar-refractivity contribution is -0.122. The van der Waals surface area contributed by atoms with Gasteiger partial charge in [0.1, 0.15) is 0 Å². The van der Waals surface area contributed by atoms with Crippen molar-refractivity contribution < 1.29 is 23.9 Å². The van der Waals surface area contributed by atoms with Gasteiger partial charge in [0.15, 0.2) is 6.61 Å². The van der Waals surface area contributed by atoms with E-state index in [-0.39, 0.29) is 39.3 Å². The molecule has 1 heterocycles. The van der Waals surface area contributed by atoms with E-state index in [9.17, 15) is 19.2 Å². The molecule has 9 heteroatoms. The van der Waals surface area contributed by atoms with Crippen molar-refractivity contribution in [1.82, 2.24) is 0 Å². The summed E-state index contributed by atoms with van der Waals surface area (Å²) in [5, 5.41) is 2.99. The number of fused-ring (bicyclic) bond motifs is 1. The Kier molecular flexibility index (Phi) is 6.48. The Labute approximate surface area is 194 Å². The van der Waals surface area contributed by atoms with E-state index >= 15 is 0 Å². The summed E-state index contributed by atoms with van der Waals surface area (Å²) in [6.45, 7) is -0.544. The van der Waals surface area contributed by atoms with Gasteiger partial charge in [-0.15, -0.1) is 0 Å². The van der Waals surface area contributed by atoms with Crippen LogP contribution in [0.25, 0.3) is 0 Å². The number of ether oxygens (including phenoxy) is 1. The highest BCUT2D eigenvalue weighted by atomic mass is 35.5. The number of carbonyl (C=O) groups excluding carboxylic acids is 4. The second-order valence-corrected chi connectivity index (χ2v) is 8.57. The van der Waals surface area contributed by atoms with Crippen molar-refractivity contribution >= 4 is 58.3 Å². The van der Waals surface area contributed by atoms with Crippen LogP contribution in [0.3, 0.4) is 0 Å². The Morgan fingerprint density at radius 1 is 1.00 bits per heavy atom. The lowest BCUT2D eigenvalue weighted by atomic mass is 9.81. The molecule has 2 fully saturated rings. The molecule has 2 aromatic rings. The van der Waals surface area contributed by atoms with E-state index in [1.165, 1.54) is 17.0 Å². The zero-order valence-electron chi connectivity index (χ0n) is 17.0. The fourth-order valence-corrected chi connectivity index (χ4v) is 4.54. The quantitative estimate of drug-likeness (QED) is 0.509. The Hall–Kier alpha value is -2.90. The number of rotatable bonds is 5. The van der Waals surface area contributed by atoms with Crippen LogP contribution in [0.2, 0.25) is 10.0 Å². The van der Waals surface area contributed by atoms with Crippen LogP contribution in [0.4, 0.5) is 11.4 Å². The molecule has 1 saturated heterocycles. The SMILES string of the molecule is O=C(COC(=O)c1cccc(N2C(=O)[C@H]3CCCC[C@@H]3C2=O)c1)Nc1cccc(Cl)c1Cl. The molecule has 0 radical (unpaired) electrons. The number of nitrogens with zero attached hydrogens (tertiary/aromatic N) is 1. The third kappa shape index (κ3) is 4.36. The molecule has 0 unspecified atom stereocenters. The molecule has 1 aliphatic carbocycles. The van der Waals surface area contributed by atoms with Crippen LogP contribution in [0.5, 0.6) is 0 Å². The summed E-state index contributed by atoms with van der Waals surface area (Å²) in [4.78, 5) is 51.3. The van der Waals surface area contributed by atoms with E-state index in [1.54, 1.807) is 30.3 Å². The number of halogens is 2. The third-order valence-corrected chi connectivity index (χ3v) is 6.56. The van der Waals surface area contributed by atoms with Gasteiger partial charge in [0.25, 0.3) is 5.91 Å². The summed E-state index contributed by atoms with van der Waals surface area (Å²) in [6, 6.07) is 10.9. The van der Waals surface area contributed by atoms with Gasteiger partial charge < -0.3 is 10.1 Å². The summed E-state index contributed by atoms with van der Waals surface area (Å²) in [7, 11) is 0. The first-order chi connectivity index (χ1) is 15.4. The highest BCUT2D eigenvalue weighted by Gasteiger charge is 2.48. The van der Waals surface area contributed by atoms with Gasteiger partial charge in [-0.3, -0.25) is 19.3 Å². The molecule has 2 atom stereocenters. The molecule has 1 saturated carbocycles. The van der Waals surface area contributed by atoms with Gasteiger partial charge in [-0.25, -0.2) is 4.79 Å². The van der Waals surface area contributed by atoms with Crippen molar-refractivity contribution in [3.8, 4) is 0 Å². The molecule has 166 valence electrons. The molecule has 1 N–H and O–H groups in total. The van der Waals surface area contributed by atoms with Gasteiger partial charge in [-0.1, -0.05) is 48.2 Å². The van der Waals surface area contributed by atoms with Gasteiger partial charge >= 0.3 is 5.97 Å². The van der Waals surface area contributed by atoms with Crippen LogP contribution in [0, 0.1) is 11.8 Å². The maximum absolute atomic E-state index is 12.8. The van der Waals surface area contributed by atoms with Gasteiger partial charge in [0.05, 0.1) is 38.8 Å². The van der Waals surface area contributed by atoms with Crippen LogP contribution >= 0.6 is 23.2 Å². The van der Waals surface area contributed by atoms with Crippen LogP contribution in [0.15, 0.2) is 42.5 Å². The number of imide groups is 1. The van der Waals surface area contributed by atoms with Crippen molar-refractivity contribution in [2.75, 3.05) is 16.8 Å². The molecule has 0 bridgehead atoms. The minimum atomic E-state index is -0.754. The average Bonchev–Trinajstić information content (AvgIpc) is 3.05. The highest BCUT2D eigenvalue weighted by molar-refractivity contribution is 6.44. The predicted octanol–water partition coefficient (Wildman–Crippen LogP) is 4.47. The average molecular weight is 475 g/mol. The smallest absolute Gasteiger partial charge is 0.338 e. The van der Waals surface area contributed by atoms with Crippen molar-refractivity contribution in [2.24, 2.45) is 11.8 Å². The molecule has 1 aliphatic heterocycles. The number of carbonyl (C=O) groups is 4. The number of nitrogens with one attached hydrogen (secondary N) is 1. The lowest BCUT2D eigenvalue weighted by Gasteiger charge is -2.19. The van der Waals surface area contributed by atoms with Crippen molar-refractivity contribution in [3.05, 3.63) is 58.1 Å². The van der Waals surface area contributed by atoms with Gasteiger partial charge in [-0.05, 0) is 43.2 Å². The van der Waals surface area contributed by atoms with Crippen molar-refractivity contribution in [3.63, 3.8) is 0 Å². The predicted molar refractivity (Wildman–Crippen MR) is 120 cm³/mol. The zero-order chi connectivity index (χ0) is 22.8. The van der Waals surface area contributed by atoms with Crippen LogP contribution < -0.4 is 10.2 Å². The number of benzene rings is 2. The third-order valence-electron chi connectivity index (χ3n) is 5.74. The molecule has 0 aromatic heterocycles. The maximum atomic E-state index is 12.8. The van der Waals surface area contributed by atoms with E-state index in [1.807, 2.05) is 0 Å². The lowest BCUT2D eigenvalue weighted by Crippen LogP contribution is -2.31. The normalized spacial score (nSPS) is 20.1. The maximum Gasteiger partial charge on any atom is 0.338 e. The Bertz CT molecular complexity index is 1080. The first-order valence-corrected chi connectivity index (χ1v) is 11.0. The highest BCUT2D eigenvalue weighted by Crippen LogP contribution is 2.40. The Balaban J connectivity index is 1.41. The van der Waals surface area contributed by atoms with E-state index in [0.717, 1.165) is 12.8 Å². The van der Waals surface area contributed by atoms with Gasteiger partial charge in [-0.2, -0.15) is 0 Å². The fourth-order valence-electron chi connectivity index (χ4n) is 4.19. The van der Waals surface area contributed by atoms with Crippen LogP contribution in [0.1, 0.15) is 36.0 Å². The number of hydrogen-bond acceptors (Lipinski definition) is 5. The monoisotopic (exact) mass is 474 g/mol. The molecule has 7 nitrogen and oxygen atoms in total. The minimum absolute atomic E-state index is 0.131. The minimum Gasteiger partial charge on any atom is -0.452 e. The van der Waals surface area contributed by atoms with E-state index in [0.29, 0.717) is 24.2 Å². The van der Waals surface area contributed by atoms with Crippen LogP contribution in [-0.2, 0) is 19.1 Å². The molecule has 32 heavy (non-hydrogen) atoms. The molecular formula is C23H20Cl2N2O5. The van der Waals surface area contributed by atoms with Gasteiger partial charge in [0.2, 0.25) is 11.8 Å². The Morgan fingerprint density at radius 3 is 2.34 bits per heavy atom. The fraction of sp³-hybridized carbons (Fsp3) is 0.304. The second kappa shape index (κ2) is 9.30. The zero-order valence-corrected chi connectivity index (χ0v) is 18.5. The molecule has 4 rings (SSSR count). The molecule has 0 spiro atoms. The first kappa shape index (κ1) is 22.3. The molecule has 2 aliphatic rings. The van der Waals surface area contributed by atoms with E-state index in [4.69, 9.17) is 27.9 Å². The van der Waals surface area contributed by atoms with E-state index in [2.05, 4.69) is 5.32 Å². The Morgan fingerprint density at radius 2 is 1.66 bits per heavy atom. The first-order valence-electron chi connectivity index (χ1n) is 10.3. The molecule has 2 aromatic carbocycles. The van der Waals surface area contributed by atoms with Crippen molar-refractivity contribution in [2.45, 2.75) is 25.7 Å². The summed E-state index contributed by atoms with van der Waals surface area (Å²) >= 11 is 11.9. The number of esters is 1. The molecule has 3 amide bonds. The molecular weight excluding hydrogens is 455 g/mol.